The number of aromatic nitrogens is 3. The molecule has 2 aromatic rings. The highest BCUT2D eigenvalue weighted by Crippen LogP contribution is 2.21. The molecular formula is C23H35N5O2. The van der Waals surface area contributed by atoms with Crippen molar-refractivity contribution in [2.75, 3.05) is 13.1 Å². The SMILES string of the molecule is CCc1c(C(=O)NCc2c(C)nn(C)c2C)c(=O)cc(C)n1C[C@@H]1CCCN1CC. The molecule has 0 spiro atoms. The van der Waals surface area contributed by atoms with Crippen LogP contribution in [0.25, 0.3) is 0 Å². The highest BCUT2D eigenvalue weighted by atomic mass is 16.2. The molecule has 0 radical (unpaired) electrons. The van der Waals surface area contributed by atoms with Crippen LogP contribution in [0, 0.1) is 20.8 Å². The minimum absolute atomic E-state index is 0.198. The summed E-state index contributed by atoms with van der Waals surface area (Å²) in [4.78, 5) is 28.4. The molecule has 0 bridgehead atoms. The first-order valence-corrected chi connectivity index (χ1v) is 11.0. The molecule has 3 rings (SSSR count). The minimum Gasteiger partial charge on any atom is -0.348 e. The van der Waals surface area contributed by atoms with Crippen LogP contribution in [0.1, 0.15) is 65.4 Å². The summed E-state index contributed by atoms with van der Waals surface area (Å²) in [5, 5.41) is 7.38. The Morgan fingerprint density at radius 3 is 2.60 bits per heavy atom. The third kappa shape index (κ3) is 4.21. The molecule has 3 heterocycles. The van der Waals surface area contributed by atoms with Crippen LogP contribution >= 0.6 is 0 Å². The second-order valence-corrected chi connectivity index (χ2v) is 8.32. The smallest absolute Gasteiger partial charge is 0.257 e. The van der Waals surface area contributed by atoms with Crippen LogP contribution in [0.2, 0.25) is 0 Å². The molecular weight excluding hydrogens is 378 g/mol. The molecule has 0 unspecified atom stereocenters. The molecule has 1 fully saturated rings. The van der Waals surface area contributed by atoms with E-state index in [-0.39, 0.29) is 16.9 Å². The van der Waals surface area contributed by atoms with Crippen LogP contribution in [0.15, 0.2) is 10.9 Å². The number of likely N-dealkylation sites (tertiary alicyclic amines) is 1. The number of rotatable bonds is 7. The first-order valence-electron chi connectivity index (χ1n) is 11.0. The third-order valence-electron chi connectivity index (χ3n) is 6.57. The van der Waals surface area contributed by atoms with E-state index in [1.165, 1.54) is 6.42 Å². The number of carbonyl (C=O) groups excluding carboxylic acids is 1. The number of nitrogens with one attached hydrogen (secondary N) is 1. The van der Waals surface area contributed by atoms with Gasteiger partial charge in [0.1, 0.15) is 5.56 Å². The normalized spacial score (nSPS) is 16.9. The highest BCUT2D eigenvalue weighted by Gasteiger charge is 2.26. The van der Waals surface area contributed by atoms with E-state index in [1.54, 1.807) is 6.07 Å². The molecule has 30 heavy (non-hydrogen) atoms. The number of pyridine rings is 1. The van der Waals surface area contributed by atoms with Gasteiger partial charge in [0.2, 0.25) is 0 Å². The van der Waals surface area contributed by atoms with Gasteiger partial charge in [-0.2, -0.15) is 5.10 Å². The average molecular weight is 414 g/mol. The standard InChI is InChI=1S/C23H35N5O2/c1-7-20-22(23(30)24-13-19-16(4)25-26(6)17(19)5)21(29)12-15(3)28(20)14-18-10-9-11-27(18)8-2/h12,18H,7-11,13-14H2,1-6H3,(H,24,30)/t18-/m0/s1. The molecule has 1 aliphatic heterocycles. The maximum Gasteiger partial charge on any atom is 0.257 e. The van der Waals surface area contributed by atoms with Crippen molar-refractivity contribution in [2.24, 2.45) is 7.05 Å². The van der Waals surface area contributed by atoms with Crippen LogP contribution in [-0.4, -0.2) is 44.3 Å². The molecule has 7 nitrogen and oxygen atoms in total. The summed E-state index contributed by atoms with van der Waals surface area (Å²) in [7, 11) is 1.89. The number of hydrogen-bond donors (Lipinski definition) is 1. The number of hydrogen-bond acceptors (Lipinski definition) is 4. The van der Waals surface area contributed by atoms with Gasteiger partial charge < -0.3 is 9.88 Å². The topological polar surface area (TPSA) is 72.2 Å². The Kier molecular flexibility index (Phi) is 6.81. The molecule has 1 atom stereocenters. The van der Waals surface area contributed by atoms with Crippen LogP contribution in [0.4, 0.5) is 0 Å². The van der Waals surface area contributed by atoms with E-state index in [1.807, 2.05) is 39.4 Å². The zero-order valence-corrected chi connectivity index (χ0v) is 19.2. The molecule has 164 valence electrons. The zero-order valence-electron chi connectivity index (χ0n) is 19.2. The lowest BCUT2D eigenvalue weighted by Gasteiger charge is -2.27. The fraction of sp³-hybridized carbons (Fsp3) is 0.609. The Morgan fingerprint density at radius 1 is 1.27 bits per heavy atom. The lowest BCUT2D eigenvalue weighted by Crippen LogP contribution is -2.37. The number of aryl methyl sites for hydroxylation is 3. The van der Waals surface area contributed by atoms with Crippen LogP contribution < -0.4 is 10.7 Å². The van der Waals surface area contributed by atoms with Crippen molar-refractivity contribution in [1.29, 1.82) is 0 Å². The van der Waals surface area contributed by atoms with Gasteiger partial charge in [-0.15, -0.1) is 0 Å². The largest absolute Gasteiger partial charge is 0.348 e. The molecule has 1 amide bonds. The maximum atomic E-state index is 13.1. The molecule has 0 aliphatic carbocycles. The number of carbonyl (C=O) groups is 1. The van der Waals surface area contributed by atoms with E-state index in [4.69, 9.17) is 0 Å². The van der Waals surface area contributed by atoms with Gasteiger partial charge in [-0.05, 0) is 53.1 Å². The van der Waals surface area contributed by atoms with Gasteiger partial charge in [-0.3, -0.25) is 19.2 Å². The molecule has 0 aromatic carbocycles. The minimum atomic E-state index is -0.299. The van der Waals surface area contributed by atoms with Crippen molar-refractivity contribution in [3.63, 3.8) is 0 Å². The highest BCUT2D eigenvalue weighted by molar-refractivity contribution is 5.95. The maximum absolute atomic E-state index is 13.1. The summed E-state index contributed by atoms with van der Waals surface area (Å²) < 4.78 is 4.00. The van der Waals surface area contributed by atoms with Crippen LogP contribution in [0.3, 0.4) is 0 Å². The van der Waals surface area contributed by atoms with E-state index >= 15 is 0 Å². The summed E-state index contributed by atoms with van der Waals surface area (Å²) in [5.74, 6) is -0.299. The van der Waals surface area contributed by atoms with Gasteiger partial charge in [0, 0.05) is 54.9 Å². The summed E-state index contributed by atoms with van der Waals surface area (Å²) >= 11 is 0. The van der Waals surface area contributed by atoms with Crippen LogP contribution in [-0.2, 0) is 26.6 Å². The van der Waals surface area contributed by atoms with Crippen molar-refractivity contribution >= 4 is 5.91 Å². The fourth-order valence-corrected chi connectivity index (χ4v) is 4.75. The third-order valence-corrected chi connectivity index (χ3v) is 6.57. The second kappa shape index (κ2) is 9.16. The summed E-state index contributed by atoms with van der Waals surface area (Å²) in [6.45, 7) is 13.4. The Bertz CT molecular complexity index is 988. The van der Waals surface area contributed by atoms with Gasteiger partial charge in [0.05, 0.1) is 5.69 Å². The monoisotopic (exact) mass is 413 g/mol. The summed E-state index contributed by atoms with van der Waals surface area (Å²) in [5.41, 5.74) is 4.76. The van der Waals surface area contributed by atoms with E-state index in [2.05, 4.69) is 26.8 Å². The van der Waals surface area contributed by atoms with Gasteiger partial charge in [-0.1, -0.05) is 13.8 Å². The zero-order chi connectivity index (χ0) is 22.0. The Labute approximate surface area is 179 Å². The molecule has 1 N–H and O–H groups in total. The van der Waals surface area contributed by atoms with E-state index in [0.717, 1.165) is 54.4 Å². The predicted octanol–water partition coefficient (Wildman–Crippen LogP) is 2.48. The van der Waals surface area contributed by atoms with Crippen LogP contribution in [0.5, 0.6) is 0 Å². The summed E-state index contributed by atoms with van der Waals surface area (Å²) in [6.07, 6.45) is 3.00. The van der Waals surface area contributed by atoms with Crippen molar-refractivity contribution < 1.29 is 4.79 Å². The van der Waals surface area contributed by atoms with Crippen molar-refractivity contribution in [3.05, 3.63) is 50.2 Å². The summed E-state index contributed by atoms with van der Waals surface area (Å²) in [6, 6.07) is 2.07. The first-order chi connectivity index (χ1) is 14.3. The second-order valence-electron chi connectivity index (χ2n) is 8.32. The first kappa shape index (κ1) is 22.3. The van der Waals surface area contributed by atoms with Crippen molar-refractivity contribution in [3.8, 4) is 0 Å². The molecule has 0 saturated carbocycles. The average Bonchev–Trinajstić information content (AvgIpc) is 3.25. The Morgan fingerprint density at radius 2 is 2.00 bits per heavy atom. The molecule has 2 aromatic heterocycles. The Balaban J connectivity index is 1.90. The fourth-order valence-electron chi connectivity index (χ4n) is 4.75. The lowest BCUT2D eigenvalue weighted by atomic mass is 10.1. The lowest BCUT2D eigenvalue weighted by molar-refractivity contribution is 0.0947. The Hall–Kier alpha value is -2.41. The van der Waals surface area contributed by atoms with E-state index in [0.29, 0.717) is 19.0 Å². The van der Waals surface area contributed by atoms with Crippen molar-refractivity contribution in [2.45, 2.75) is 73.0 Å². The number of nitrogens with zero attached hydrogens (tertiary/aromatic N) is 4. The van der Waals surface area contributed by atoms with Gasteiger partial charge >= 0.3 is 0 Å². The predicted molar refractivity (Wildman–Crippen MR) is 119 cm³/mol. The number of likely N-dealkylation sites (N-methyl/N-ethyl adjacent to an activating group) is 1. The van der Waals surface area contributed by atoms with Crippen molar-refractivity contribution in [1.82, 2.24) is 24.6 Å². The van der Waals surface area contributed by atoms with E-state index in [9.17, 15) is 9.59 Å². The molecule has 1 aliphatic rings. The molecule has 1 saturated heterocycles. The van der Waals surface area contributed by atoms with Gasteiger partial charge in [0.15, 0.2) is 5.43 Å². The molecule has 7 heteroatoms. The number of amides is 1. The quantitative estimate of drug-likeness (QED) is 0.757. The van der Waals surface area contributed by atoms with E-state index < -0.39 is 0 Å². The van der Waals surface area contributed by atoms with Gasteiger partial charge in [-0.25, -0.2) is 0 Å². The van der Waals surface area contributed by atoms with Gasteiger partial charge in [0.25, 0.3) is 5.91 Å².